The van der Waals surface area contributed by atoms with E-state index in [0.717, 1.165) is 19.3 Å². The van der Waals surface area contributed by atoms with Crippen molar-refractivity contribution in [2.24, 2.45) is 0 Å². The molecule has 3 nitrogen and oxygen atoms in total. The van der Waals surface area contributed by atoms with E-state index in [1.807, 2.05) is 0 Å². The first-order chi connectivity index (χ1) is 8.76. The van der Waals surface area contributed by atoms with Crippen LogP contribution in [0.3, 0.4) is 0 Å². The molecule has 0 heterocycles. The fourth-order valence-corrected chi connectivity index (χ4v) is 2.58. The Hall–Kier alpha value is -0.540. The third kappa shape index (κ3) is 4.99. The highest BCUT2D eigenvalue weighted by Gasteiger charge is 2.30. The summed E-state index contributed by atoms with van der Waals surface area (Å²) in [4.78, 5) is 0. The van der Waals surface area contributed by atoms with Crippen LogP contribution in [0.1, 0.15) is 57.8 Å². The van der Waals surface area contributed by atoms with Gasteiger partial charge in [0.25, 0.3) is 0 Å². The number of rotatable bonds is 3. The Labute approximate surface area is 111 Å². The maximum absolute atomic E-state index is 5.31. The van der Waals surface area contributed by atoms with Gasteiger partial charge in [0.1, 0.15) is 0 Å². The van der Waals surface area contributed by atoms with Crippen molar-refractivity contribution in [3.05, 3.63) is 11.8 Å². The fraction of sp³-hybridized carbons (Fsp3) is 0.867. The number of methoxy groups -OCH3 is 3. The molecule has 1 saturated carbocycles. The van der Waals surface area contributed by atoms with Gasteiger partial charge in [0.2, 0.25) is 0 Å². The Bertz CT molecular complexity index is 236. The lowest BCUT2D eigenvalue weighted by molar-refractivity contribution is -0.222. The van der Waals surface area contributed by atoms with Crippen LogP contribution in [0.15, 0.2) is 11.8 Å². The van der Waals surface area contributed by atoms with Crippen LogP contribution in [0.4, 0.5) is 0 Å². The second-order valence-corrected chi connectivity index (χ2v) is 5.00. The van der Waals surface area contributed by atoms with Gasteiger partial charge >= 0.3 is 0 Å². The van der Waals surface area contributed by atoms with Crippen molar-refractivity contribution in [2.75, 3.05) is 21.3 Å². The van der Waals surface area contributed by atoms with Crippen molar-refractivity contribution in [3.8, 4) is 0 Å². The first kappa shape index (κ1) is 15.5. The van der Waals surface area contributed by atoms with E-state index in [2.05, 4.69) is 6.08 Å². The molecule has 0 amide bonds. The number of ether oxygens (including phenoxy) is 3. The van der Waals surface area contributed by atoms with Gasteiger partial charge in [-0.05, 0) is 38.2 Å². The lowest BCUT2D eigenvalue weighted by atomic mass is 9.94. The molecule has 0 radical (unpaired) electrons. The molecule has 1 fully saturated rings. The molecule has 3 heteroatoms. The predicted octanol–water partition coefficient (Wildman–Crippen LogP) is 4.03. The minimum absolute atomic E-state index is 0.238. The maximum atomic E-state index is 5.31. The molecule has 0 aliphatic heterocycles. The molecule has 2 rings (SSSR count). The van der Waals surface area contributed by atoms with Gasteiger partial charge in [-0.25, -0.2) is 0 Å². The summed E-state index contributed by atoms with van der Waals surface area (Å²) in [6, 6.07) is 0. The Morgan fingerprint density at radius 1 is 0.889 bits per heavy atom. The third-order valence-corrected chi connectivity index (χ3v) is 3.87. The van der Waals surface area contributed by atoms with Crippen molar-refractivity contribution < 1.29 is 14.2 Å². The summed E-state index contributed by atoms with van der Waals surface area (Å²) in [6.45, 7) is 0. The van der Waals surface area contributed by atoms with Gasteiger partial charge in [-0.3, -0.25) is 0 Å². The van der Waals surface area contributed by atoms with Crippen LogP contribution in [0, 0.1) is 0 Å². The molecule has 0 aromatic rings. The smallest absolute Gasteiger partial charge is 0.167 e. The highest BCUT2D eigenvalue weighted by atomic mass is 16.7. The quantitative estimate of drug-likeness (QED) is 0.713. The molecule has 0 bridgehead atoms. The molecule has 0 aromatic carbocycles. The second-order valence-electron chi connectivity index (χ2n) is 5.00. The van der Waals surface area contributed by atoms with E-state index >= 15 is 0 Å². The average Bonchev–Trinajstić information content (AvgIpc) is 2.49. The van der Waals surface area contributed by atoms with Crippen molar-refractivity contribution in [3.63, 3.8) is 0 Å². The average molecular weight is 256 g/mol. The van der Waals surface area contributed by atoms with Crippen LogP contribution < -0.4 is 0 Å². The molecule has 0 aromatic heterocycles. The Balaban J connectivity index is 0.000000184. The minimum Gasteiger partial charge on any atom is -0.501 e. The summed E-state index contributed by atoms with van der Waals surface area (Å²) in [7, 11) is 5.21. The zero-order valence-electron chi connectivity index (χ0n) is 12.2. The van der Waals surface area contributed by atoms with Crippen LogP contribution >= 0.6 is 0 Å². The molecule has 2 aliphatic rings. The summed E-state index contributed by atoms with van der Waals surface area (Å²) < 4.78 is 15.7. The lowest BCUT2D eigenvalue weighted by Gasteiger charge is -2.34. The number of allylic oxidation sites excluding steroid dienone is 2. The third-order valence-electron chi connectivity index (χ3n) is 3.87. The minimum atomic E-state index is -0.238. The van der Waals surface area contributed by atoms with Crippen molar-refractivity contribution in [2.45, 2.75) is 63.6 Å². The van der Waals surface area contributed by atoms with Crippen LogP contribution in [0.25, 0.3) is 0 Å². The summed E-state index contributed by atoms with van der Waals surface area (Å²) in [6.07, 6.45) is 13.1. The van der Waals surface area contributed by atoms with Crippen LogP contribution in [-0.2, 0) is 14.2 Å². The summed E-state index contributed by atoms with van der Waals surface area (Å²) >= 11 is 0. The van der Waals surface area contributed by atoms with Crippen molar-refractivity contribution in [1.29, 1.82) is 0 Å². The number of hydrogen-bond acceptors (Lipinski definition) is 3. The van der Waals surface area contributed by atoms with E-state index in [-0.39, 0.29) is 5.79 Å². The van der Waals surface area contributed by atoms with E-state index in [9.17, 15) is 0 Å². The van der Waals surface area contributed by atoms with E-state index in [4.69, 9.17) is 14.2 Å². The highest BCUT2D eigenvalue weighted by molar-refractivity contribution is 4.95. The lowest BCUT2D eigenvalue weighted by Crippen LogP contribution is -2.35. The molecule has 0 N–H and O–H groups in total. The molecule has 0 unspecified atom stereocenters. The fourth-order valence-electron chi connectivity index (χ4n) is 2.58. The largest absolute Gasteiger partial charge is 0.501 e. The Morgan fingerprint density at radius 2 is 1.56 bits per heavy atom. The van der Waals surface area contributed by atoms with E-state index in [1.54, 1.807) is 21.3 Å². The molecule has 0 spiro atoms. The summed E-state index contributed by atoms with van der Waals surface area (Å²) in [5.74, 6) is 0.939. The van der Waals surface area contributed by atoms with Gasteiger partial charge in [-0.2, -0.15) is 0 Å². The number of hydrogen-bond donors (Lipinski definition) is 0. The van der Waals surface area contributed by atoms with E-state index in [0.29, 0.717) is 0 Å². The van der Waals surface area contributed by atoms with E-state index in [1.165, 1.54) is 44.3 Å². The molecule has 0 atom stereocenters. The normalized spacial score (nSPS) is 22.5. The van der Waals surface area contributed by atoms with Crippen molar-refractivity contribution >= 4 is 0 Å². The van der Waals surface area contributed by atoms with Crippen molar-refractivity contribution in [1.82, 2.24) is 0 Å². The van der Waals surface area contributed by atoms with Gasteiger partial charge in [-0.1, -0.05) is 6.42 Å². The topological polar surface area (TPSA) is 27.7 Å². The SMILES string of the molecule is COC1(OC)CCCCC1.COC1=CCCCC1. The van der Waals surface area contributed by atoms with Crippen LogP contribution in [0.2, 0.25) is 0 Å². The molecule has 18 heavy (non-hydrogen) atoms. The second kappa shape index (κ2) is 8.54. The molecule has 0 saturated heterocycles. The summed E-state index contributed by atoms with van der Waals surface area (Å²) in [5.41, 5.74) is 0. The van der Waals surface area contributed by atoms with Gasteiger partial charge < -0.3 is 14.2 Å². The Kier molecular flexibility index (Phi) is 7.36. The highest BCUT2D eigenvalue weighted by Crippen LogP contribution is 2.31. The van der Waals surface area contributed by atoms with E-state index < -0.39 is 0 Å². The van der Waals surface area contributed by atoms with Gasteiger partial charge in [-0.15, -0.1) is 0 Å². The first-order valence-corrected chi connectivity index (χ1v) is 7.09. The zero-order valence-corrected chi connectivity index (χ0v) is 12.2. The van der Waals surface area contributed by atoms with Crippen LogP contribution in [0.5, 0.6) is 0 Å². The van der Waals surface area contributed by atoms with Gasteiger partial charge in [0.05, 0.1) is 12.9 Å². The van der Waals surface area contributed by atoms with Crippen LogP contribution in [-0.4, -0.2) is 27.1 Å². The monoisotopic (exact) mass is 256 g/mol. The van der Waals surface area contributed by atoms with Gasteiger partial charge in [0.15, 0.2) is 5.79 Å². The maximum Gasteiger partial charge on any atom is 0.167 e. The zero-order chi connectivity index (χ0) is 13.3. The predicted molar refractivity (Wildman–Crippen MR) is 73.4 cm³/mol. The first-order valence-electron chi connectivity index (χ1n) is 7.09. The summed E-state index contributed by atoms with van der Waals surface area (Å²) in [5, 5.41) is 0. The van der Waals surface area contributed by atoms with Gasteiger partial charge in [0, 0.05) is 33.5 Å². The molecular formula is C15H28O3. The molecule has 106 valence electrons. The standard InChI is InChI=1S/C8H16O2.C7H12O/c1-9-8(10-2)6-4-3-5-7-8;1-8-7-5-3-2-4-6-7/h3-7H2,1-2H3;5H,2-4,6H2,1H3. The molecule has 2 aliphatic carbocycles. The Morgan fingerprint density at radius 3 is 1.89 bits per heavy atom. The molecular weight excluding hydrogens is 228 g/mol.